The van der Waals surface area contributed by atoms with Gasteiger partial charge in [-0.2, -0.15) is 0 Å². The van der Waals surface area contributed by atoms with Crippen molar-refractivity contribution in [3.63, 3.8) is 0 Å². The number of benzene rings is 1. The van der Waals surface area contributed by atoms with Crippen LogP contribution in [0.3, 0.4) is 0 Å². The number of carbonyl (C=O) groups excluding carboxylic acids is 1. The summed E-state index contributed by atoms with van der Waals surface area (Å²) < 4.78 is 13.0. The topological polar surface area (TPSA) is 52.8 Å². The molecule has 2 heterocycles. The van der Waals surface area contributed by atoms with Gasteiger partial charge in [-0.15, -0.1) is 11.3 Å². The van der Waals surface area contributed by atoms with E-state index in [1.807, 2.05) is 25.4 Å². The van der Waals surface area contributed by atoms with Crippen molar-refractivity contribution in [1.82, 2.24) is 9.38 Å². The van der Waals surface area contributed by atoms with E-state index >= 15 is 0 Å². The molecule has 0 saturated carbocycles. The van der Waals surface area contributed by atoms with Crippen LogP contribution in [-0.2, 0) is 0 Å². The molecule has 0 atom stereocenters. The number of fused-ring (bicyclic) bond motifs is 1. The molecule has 0 N–H and O–H groups in total. The second kappa shape index (κ2) is 6.60. The second-order valence-corrected chi connectivity index (χ2v) is 5.94. The van der Waals surface area contributed by atoms with Gasteiger partial charge in [-0.25, -0.2) is 4.98 Å². The number of hydrogen-bond acceptors (Lipinski definition) is 5. The van der Waals surface area contributed by atoms with E-state index < -0.39 is 0 Å². The summed E-state index contributed by atoms with van der Waals surface area (Å²) in [5.41, 5.74) is 1.71. The summed E-state index contributed by atoms with van der Waals surface area (Å²) in [5.74, 6) is 1.14. The Labute approximate surface area is 142 Å². The SMILES string of the molecule is CCOc1cc(OCC)c(-c2nc3sccn3c2C=O)cc1Cl. The lowest BCUT2D eigenvalue weighted by molar-refractivity contribution is 0.111. The predicted molar refractivity (Wildman–Crippen MR) is 91.2 cm³/mol. The molecule has 0 spiro atoms. The van der Waals surface area contributed by atoms with Crippen molar-refractivity contribution in [3.8, 4) is 22.8 Å². The van der Waals surface area contributed by atoms with Gasteiger partial charge in [0.25, 0.3) is 0 Å². The van der Waals surface area contributed by atoms with Crippen molar-refractivity contribution in [3.05, 3.63) is 34.4 Å². The average Bonchev–Trinajstić information content (AvgIpc) is 3.11. The van der Waals surface area contributed by atoms with Crippen LogP contribution in [0.25, 0.3) is 16.2 Å². The summed E-state index contributed by atoms with van der Waals surface area (Å²) in [6, 6.07) is 3.48. The molecule has 0 bridgehead atoms. The van der Waals surface area contributed by atoms with Crippen LogP contribution in [0.4, 0.5) is 0 Å². The Hall–Kier alpha value is -2.05. The first-order chi connectivity index (χ1) is 11.2. The predicted octanol–water partition coefficient (Wildman–Crippen LogP) is 4.33. The van der Waals surface area contributed by atoms with Crippen LogP contribution in [-0.4, -0.2) is 28.9 Å². The van der Waals surface area contributed by atoms with Crippen molar-refractivity contribution in [2.75, 3.05) is 13.2 Å². The first-order valence-electron chi connectivity index (χ1n) is 7.19. The molecule has 2 aromatic heterocycles. The molecule has 3 aromatic rings. The lowest BCUT2D eigenvalue weighted by Gasteiger charge is -2.13. The number of hydrogen-bond donors (Lipinski definition) is 0. The summed E-state index contributed by atoms with van der Waals surface area (Å²) in [6.45, 7) is 4.77. The Balaban J connectivity index is 2.21. The first kappa shape index (κ1) is 15.8. The third-order valence-electron chi connectivity index (χ3n) is 3.30. The molecule has 0 aliphatic carbocycles. The number of imidazole rings is 1. The van der Waals surface area contributed by atoms with Crippen LogP contribution in [0, 0.1) is 0 Å². The van der Waals surface area contributed by atoms with E-state index in [2.05, 4.69) is 4.98 Å². The maximum atomic E-state index is 11.5. The molecule has 1 aromatic carbocycles. The van der Waals surface area contributed by atoms with Crippen molar-refractivity contribution in [2.45, 2.75) is 13.8 Å². The smallest absolute Gasteiger partial charge is 0.194 e. The number of ether oxygens (including phenoxy) is 2. The Morgan fingerprint density at radius 2 is 2.00 bits per heavy atom. The zero-order chi connectivity index (χ0) is 16.4. The summed E-state index contributed by atoms with van der Waals surface area (Å²) in [5, 5.41) is 2.34. The Kier molecular flexibility index (Phi) is 4.54. The van der Waals surface area contributed by atoms with Gasteiger partial charge < -0.3 is 9.47 Å². The zero-order valence-electron chi connectivity index (χ0n) is 12.7. The third-order valence-corrected chi connectivity index (χ3v) is 4.35. The number of carbonyl (C=O) groups is 1. The summed E-state index contributed by atoms with van der Waals surface area (Å²) in [6.07, 6.45) is 2.61. The minimum atomic E-state index is 0.457. The highest BCUT2D eigenvalue weighted by Gasteiger charge is 2.20. The molecule has 0 unspecified atom stereocenters. The van der Waals surface area contributed by atoms with Crippen LogP contribution in [0.2, 0.25) is 5.02 Å². The highest BCUT2D eigenvalue weighted by Crippen LogP contribution is 2.40. The first-order valence-corrected chi connectivity index (χ1v) is 8.45. The van der Waals surface area contributed by atoms with Gasteiger partial charge >= 0.3 is 0 Å². The van der Waals surface area contributed by atoms with Crippen LogP contribution in [0.5, 0.6) is 11.5 Å². The van der Waals surface area contributed by atoms with Gasteiger partial charge in [0.05, 0.1) is 18.2 Å². The van der Waals surface area contributed by atoms with Crippen LogP contribution in [0.15, 0.2) is 23.7 Å². The number of rotatable bonds is 6. The quantitative estimate of drug-likeness (QED) is 0.621. The van der Waals surface area contributed by atoms with E-state index in [4.69, 9.17) is 21.1 Å². The largest absolute Gasteiger partial charge is 0.493 e. The molecule has 0 aliphatic heterocycles. The van der Waals surface area contributed by atoms with Gasteiger partial charge in [0.2, 0.25) is 0 Å². The number of aromatic nitrogens is 2. The standard InChI is InChI=1S/C16H15ClN2O3S/c1-3-21-13-8-14(22-4-2)11(17)7-10(13)15-12(9-20)19-5-6-23-16(19)18-15/h5-9H,3-4H2,1-2H3. The van der Waals surface area contributed by atoms with E-state index in [0.29, 0.717) is 46.7 Å². The third kappa shape index (κ3) is 2.80. The van der Waals surface area contributed by atoms with Crippen molar-refractivity contribution in [1.29, 1.82) is 0 Å². The number of halogens is 1. The van der Waals surface area contributed by atoms with Crippen molar-refractivity contribution < 1.29 is 14.3 Å². The molecule has 3 rings (SSSR count). The number of thiazole rings is 1. The van der Waals surface area contributed by atoms with Crippen molar-refractivity contribution in [2.24, 2.45) is 0 Å². The van der Waals surface area contributed by atoms with Gasteiger partial charge in [-0.05, 0) is 19.9 Å². The number of aldehydes is 1. The summed E-state index contributed by atoms with van der Waals surface area (Å²) in [7, 11) is 0. The Morgan fingerprint density at radius 3 is 2.70 bits per heavy atom. The number of nitrogens with zero attached hydrogens (tertiary/aromatic N) is 2. The van der Waals surface area contributed by atoms with Gasteiger partial charge in [-0.1, -0.05) is 11.6 Å². The summed E-state index contributed by atoms with van der Waals surface area (Å²) in [4.78, 5) is 16.8. The van der Waals surface area contributed by atoms with Gasteiger partial charge in [0.1, 0.15) is 22.9 Å². The Morgan fingerprint density at radius 1 is 1.26 bits per heavy atom. The molecular weight excluding hydrogens is 336 g/mol. The van der Waals surface area contributed by atoms with Crippen LogP contribution < -0.4 is 9.47 Å². The molecule has 120 valence electrons. The fourth-order valence-corrected chi connectivity index (χ4v) is 3.31. The second-order valence-electron chi connectivity index (χ2n) is 4.66. The maximum Gasteiger partial charge on any atom is 0.194 e. The average molecular weight is 351 g/mol. The minimum absolute atomic E-state index is 0.457. The fourth-order valence-electron chi connectivity index (χ4n) is 2.37. The van der Waals surface area contributed by atoms with Crippen molar-refractivity contribution >= 4 is 34.2 Å². The molecule has 0 amide bonds. The van der Waals surface area contributed by atoms with E-state index in [1.165, 1.54) is 11.3 Å². The van der Waals surface area contributed by atoms with E-state index in [9.17, 15) is 4.79 Å². The molecular formula is C16H15ClN2O3S. The van der Waals surface area contributed by atoms with Crippen LogP contribution >= 0.6 is 22.9 Å². The van der Waals surface area contributed by atoms with Gasteiger partial charge in [0.15, 0.2) is 11.2 Å². The molecule has 7 heteroatoms. The molecule has 0 fully saturated rings. The Bertz CT molecular complexity index is 856. The fraction of sp³-hybridized carbons (Fsp3) is 0.250. The monoisotopic (exact) mass is 350 g/mol. The highest BCUT2D eigenvalue weighted by molar-refractivity contribution is 7.15. The lowest BCUT2D eigenvalue weighted by atomic mass is 10.1. The minimum Gasteiger partial charge on any atom is -0.493 e. The van der Waals surface area contributed by atoms with E-state index in [-0.39, 0.29) is 0 Å². The molecule has 0 saturated heterocycles. The highest BCUT2D eigenvalue weighted by atomic mass is 35.5. The van der Waals surface area contributed by atoms with Gasteiger partial charge in [-0.3, -0.25) is 9.20 Å². The van der Waals surface area contributed by atoms with E-state index in [0.717, 1.165) is 11.2 Å². The van der Waals surface area contributed by atoms with Gasteiger partial charge in [0, 0.05) is 23.2 Å². The summed E-state index contributed by atoms with van der Waals surface area (Å²) >= 11 is 7.76. The molecule has 0 aliphatic rings. The van der Waals surface area contributed by atoms with E-state index in [1.54, 1.807) is 16.5 Å². The normalized spacial score (nSPS) is 10.9. The maximum absolute atomic E-state index is 11.5. The zero-order valence-corrected chi connectivity index (χ0v) is 14.3. The molecule has 5 nitrogen and oxygen atoms in total. The molecule has 0 radical (unpaired) electrons. The lowest BCUT2D eigenvalue weighted by Crippen LogP contribution is -1.99. The van der Waals surface area contributed by atoms with Crippen LogP contribution in [0.1, 0.15) is 24.3 Å². The molecule has 23 heavy (non-hydrogen) atoms.